The summed E-state index contributed by atoms with van der Waals surface area (Å²) in [7, 11) is 0. The minimum Gasteiger partial charge on any atom is -0.352 e. The molecule has 3 nitrogen and oxygen atoms in total. The fourth-order valence-corrected chi connectivity index (χ4v) is 2.90. The molecule has 0 atom stereocenters. The molecular weight excluding hydrogens is 283 g/mol. The van der Waals surface area contributed by atoms with Crippen molar-refractivity contribution in [3.63, 3.8) is 0 Å². The minimum absolute atomic E-state index is 0.176. The normalized spacial score (nSPS) is 16.3. The number of aromatic nitrogens is 1. The van der Waals surface area contributed by atoms with Crippen LogP contribution in [0.25, 0.3) is 0 Å². The van der Waals surface area contributed by atoms with E-state index in [1.54, 1.807) is 0 Å². The quantitative estimate of drug-likeness (QED) is 0.851. The van der Waals surface area contributed by atoms with Crippen LogP contribution in [0.2, 0.25) is 10.2 Å². The minimum atomic E-state index is -0.176. The molecule has 1 aliphatic carbocycles. The van der Waals surface area contributed by atoms with Gasteiger partial charge in [-0.15, -0.1) is 0 Å². The first-order chi connectivity index (χ1) is 9.16. The van der Waals surface area contributed by atoms with Crippen molar-refractivity contribution in [1.29, 1.82) is 0 Å². The van der Waals surface area contributed by atoms with Crippen molar-refractivity contribution in [2.75, 3.05) is 6.54 Å². The summed E-state index contributed by atoms with van der Waals surface area (Å²) in [5.41, 5.74) is 0.394. The smallest absolute Gasteiger partial charge is 0.252 e. The number of rotatable bonds is 4. The molecule has 2 rings (SSSR count). The first-order valence-corrected chi connectivity index (χ1v) is 7.51. The third-order valence-corrected chi connectivity index (χ3v) is 4.14. The lowest BCUT2D eigenvalue weighted by atomic mass is 9.87. The standard InChI is InChI=1S/C14H18Cl2N2O/c15-12-9-18-13(16)8-11(12)14(19)17-7-6-10-4-2-1-3-5-10/h8-10H,1-7H2,(H,17,19). The summed E-state index contributed by atoms with van der Waals surface area (Å²) in [5.74, 6) is 0.579. The second-order valence-corrected chi connectivity index (χ2v) is 5.83. The SMILES string of the molecule is O=C(NCCC1CCCCC1)c1cc(Cl)ncc1Cl. The van der Waals surface area contributed by atoms with Gasteiger partial charge < -0.3 is 5.32 Å². The fraction of sp³-hybridized carbons (Fsp3) is 0.571. The Hall–Kier alpha value is -0.800. The van der Waals surface area contributed by atoms with Gasteiger partial charge in [0.25, 0.3) is 5.91 Å². The van der Waals surface area contributed by atoms with Crippen molar-refractivity contribution in [2.45, 2.75) is 38.5 Å². The highest BCUT2D eigenvalue weighted by Crippen LogP contribution is 2.25. The van der Waals surface area contributed by atoms with E-state index in [1.807, 2.05) is 0 Å². The molecule has 0 radical (unpaired) electrons. The van der Waals surface area contributed by atoms with E-state index in [4.69, 9.17) is 23.2 Å². The molecule has 1 aromatic heterocycles. The highest BCUT2D eigenvalue weighted by molar-refractivity contribution is 6.35. The monoisotopic (exact) mass is 300 g/mol. The predicted molar refractivity (Wildman–Crippen MR) is 77.8 cm³/mol. The van der Waals surface area contributed by atoms with Gasteiger partial charge in [0.15, 0.2) is 0 Å². The largest absolute Gasteiger partial charge is 0.352 e. The topological polar surface area (TPSA) is 42.0 Å². The summed E-state index contributed by atoms with van der Waals surface area (Å²) in [5, 5.41) is 3.52. The van der Waals surface area contributed by atoms with Crippen LogP contribution >= 0.6 is 23.2 Å². The summed E-state index contributed by atoms with van der Waals surface area (Å²) in [6, 6.07) is 1.50. The molecule has 0 unspecified atom stereocenters. The van der Waals surface area contributed by atoms with E-state index in [-0.39, 0.29) is 11.1 Å². The van der Waals surface area contributed by atoms with E-state index in [0.717, 1.165) is 12.3 Å². The number of pyridine rings is 1. The zero-order chi connectivity index (χ0) is 13.7. The number of carbonyl (C=O) groups is 1. The number of nitrogens with one attached hydrogen (secondary N) is 1. The summed E-state index contributed by atoms with van der Waals surface area (Å²) >= 11 is 11.7. The van der Waals surface area contributed by atoms with E-state index in [2.05, 4.69) is 10.3 Å². The molecule has 1 N–H and O–H groups in total. The van der Waals surface area contributed by atoms with Crippen LogP contribution in [0.1, 0.15) is 48.9 Å². The van der Waals surface area contributed by atoms with E-state index in [1.165, 1.54) is 44.4 Å². The van der Waals surface area contributed by atoms with E-state index in [9.17, 15) is 4.79 Å². The van der Waals surface area contributed by atoms with E-state index < -0.39 is 0 Å². The molecule has 5 heteroatoms. The van der Waals surface area contributed by atoms with Crippen LogP contribution in [-0.4, -0.2) is 17.4 Å². The van der Waals surface area contributed by atoms with Crippen molar-refractivity contribution in [1.82, 2.24) is 10.3 Å². The zero-order valence-electron chi connectivity index (χ0n) is 10.8. The van der Waals surface area contributed by atoms with Crippen molar-refractivity contribution < 1.29 is 4.79 Å². The van der Waals surface area contributed by atoms with Crippen LogP contribution in [0.5, 0.6) is 0 Å². The Morgan fingerprint density at radius 2 is 2.05 bits per heavy atom. The summed E-state index contributed by atoms with van der Waals surface area (Å²) in [6.07, 6.45) is 9.03. The van der Waals surface area contributed by atoms with Gasteiger partial charge in [0, 0.05) is 12.7 Å². The van der Waals surface area contributed by atoms with Gasteiger partial charge in [-0.2, -0.15) is 0 Å². The number of hydrogen-bond donors (Lipinski definition) is 1. The van der Waals surface area contributed by atoms with Gasteiger partial charge in [-0.3, -0.25) is 4.79 Å². The number of halogens is 2. The first-order valence-electron chi connectivity index (χ1n) is 6.76. The highest BCUT2D eigenvalue weighted by Gasteiger charge is 2.15. The fourth-order valence-electron chi connectivity index (χ4n) is 2.55. The first kappa shape index (κ1) is 14.6. The molecule has 1 fully saturated rings. The Morgan fingerprint density at radius 1 is 1.32 bits per heavy atom. The Kier molecular flexibility index (Phi) is 5.46. The van der Waals surface area contributed by atoms with Gasteiger partial charge in [0.1, 0.15) is 5.15 Å². The molecule has 1 aromatic rings. The molecule has 1 aliphatic rings. The molecule has 0 aromatic carbocycles. The maximum atomic E-state index is 12.0. The summed E-state index contributed by atoms with van der Waals surface area (Å²) < 4.78 is 0. The van der Waals surface area contributed by atoms with Crippen molar-refractivity contribution >= 4 is 29.1 Å². The lowest BCUT2D eigenvalue weighted by molar-refractivity contribution is 0.0950. The molecule has 0 aliphatic heterocycles. The van der Waals surface area contributed by atoms with Gasteiger partial charge in [-0.05, 0) is 18.4 Å². The molecule has 19 heavy (non-hydrogen) atoms. The van der Waals surface area contributed by atoms with Gasteiger partial charge >= 0.3 is 0 Å². The van der Waals surface area contributed by atoms with Crippen LogP contribution in [-0.2, 0) is 0 Å². The van der Waals surface area contributed by atoms with Crippen LogP contribution < -0.4 is 5.32 Å². The highest BCUT2D eigenvalue weighted by atomic mass is 35.5. The molecule has 1 saturated carbocycles. The van der Waals surface area contributed by atoms with Crippen LogP contribution in [0.4, 0.5) is 0 Å². The van der Waals surface area contributed by atoms with Crippen LogP contribution in [0, 0.1) is 5.92 Å². The molecule has 104 valence electrons. The van der Waals surface area contributed by atoms with Crippen molar-refractivity contribution in [3.05, 3.63) is 28.0 Å². The van der Waals surface area contributed by atoms with Gasteiger partial charge in [0.2, 0.25) is 0 Å². The number of amides is 1. The van der Waals surface area contributed by atoms with Gasteiger partial charge in [-0.25, -0.2) is 4.98 Å². The molecule has 0 bridgehead atoms. The predicted octanol–water partition coefficient (Wildman–Crippen LogP) is 4.09. The Bertz CT molecular complexity index is 445. The molecule has 1 heterocycles. The third kappa shape index (κ3) is 4.36. The average Bonchev–Trinajstić information content (AvgIpc) is 2.42. The van der Waals surface area contributed by atoms with Crippen molar-refractivity contribution in [3.8, 4) is 0 Å². The molecular formula is C14H18Cl2N2O. The maximum Gasteiger partial charge on any atom is 0.252 e. The van der Waals surface area contributed by atoms with Crippen LogP contribution in [0.15, 0.2) is 12.3 Å². The van der Waals surface area contributed by atoms with Crippen LogP contribution in [0.3, 0.4) is 0 Å². The van der Waals surface area contributed by atoms with Gasteiger partial charge in [0.05, 0.1) is 10.6 Å². The number of carbonyl (C=O) groups excluding carboxylic acids is 1. The second kappa shape index (κ2) is 7.11. The Balaban J connectivity index is 1.82. The second-order valence-electron chi connectivity index (χ2n) is 5.04. The zero-order valence-corrected chi connectivity index (χ0v) is 12.3. The molecule has 0 saturated heterocycles. The Morgan fingerprint density at radius 3 is 2.79 bits per heavy atom. The third-order valence-electron chi connectivity index (χ3n) is 3.63. The molecule has 1 amide bonds. The maximum absolute atomic E-state index is 12.0. The Labute approximate surface area is 123 Å². The van der Waals surface area contributed by atoms with Gasteiger partial charge in [-0.1, -0.05) is 55.3 Å². The summed E-state index contributed by atoms with van der Waals surface area (Å²) in [4.78, 5) is 15.8. The lowest BCUT2D eigenvalue weighted by Gasteiger charge is -2.21. The number of hydrogen-bond acceptors (Lipinski definition) is 2. The lowest BCUT2D eigenvalue weighted by Crippen LogP contribution is -2.26. The average molecular weight is 301 g/mol. The number of nitrogens with zero attached hydrogens (tertiary/aromatic N) is 1. The summed E-state index contributed by atoms with van der Waals surface area (Å²) in [6.45, 7) is 0.694. The molecule has 0 spiro atoms. The van der Waals surface area contributed by atoms with E-state index >= 15 is 0 Å². The van der Waals surface area contributed by atoms with E-state index in [0.29, 0.717) is 17.1 Å². The van der Waals surface area contributed by atoms with Crippen molar-refractivity contribution in [2.24, 2.45) is 5.92 Å².